The van der Waals surface area contributed by atoms with Gasteiger partial charge in [0.1, 0.15) is 12.7 Å². The molecule has 2 aliphatic carbocycles. The van der Waals surface area contributed by atoms with Gasteiger partial charge in [0.25, 0.3) is 0 Å². The van der Waals surface area contributed by atoms with Gasteiger partial charge in [0.05, 0.1) is 5.92 Å². The highest BCUT2D eigenvalue weighted by atomic mass is 32.1. The Morgan fingerprint density at radius 1 is 1.14 bits per heavy atom. The van der Waals surface area contributed by atoms with Gasteiger partial charge in [-0.2, -0.15) is 12.6 Å². The van der Waals surface area contributed by atoms with Crippen molar-refractivity contribution < 1.29 is 19.1 Å². The molecule has 0 aliphatic heterocycles. The average Bonchev–Trinajstić information content (AvgIpc) is 2.52. The zero-order chi connectivity index (χ0) is 15.2. The third-order valence-corrected chi connectivity index (χ3v) is 4.88. The molecule has 2 fully saturated rings. The predicted octanol–water partition coefficient (Wildman–Crippen LogP) is 2.77. The van der Waals surface area contributed by atoms with Crippen LogP contribution in [0.2, 0.25) is 0 Å². The first-order chi connectivity index (χ1) is 10.2. The van der Waals surface area contributed by atoms with Crippen molar-refractivity contribution in [2.45, 2.75) is 44.6 Å². The molecule has 21 heavy (non-hydrogen) atoms. The van der Waals surface area contributed by atoms with Gasteiger partial charge in [-0.15, -0.1) is 0 Å². The van der Waals surface area contributed by atoms with Crippen LogP contribution in [0.5, 0.6) is 0 Å². The van der Waals surface area contributed by atoms with Crippen molar-refractivity contribution in [2.24, 2.45) is 17.8 Å². The lowest BCUT2D eigenvalue weighted by atomic mass is 9.64. The molecule has 0 aromatic carbocycles. The molecule has 4 atom stereocenters. The highest BCUT2D eigenvalue weighted by Crippen LogP contribution is 2.45. The molecule has 4 nitrogen and oxygen atoms in total. The number of carbonyl (C=O) groups is 2. The van der Waals surface area contributed by atoms with Crippen LogP contribution in [0, 0.1) is 17.8 Å². The van der Waals surface area contributed by atoms with E-state index in [1.54, 1.807) is 0 Å². The maximum atomic E-state index is 12.2. The molecule has 2 rings (SSSR count). The van der Waals surface area contributed by atoms with E-state index in [0.29, 0.717) is 12.4 Å². The molecule has 5 heteroatoms. The van der Waals surface area contributed by atoms with Crippen molar-refractivity contribution in [2.75, 3.05) is 12.4 Å². The number of fused-ring (bicyclic) bond motifs is 1. The van der Waals surface area contributed by atoms with Crippen molar-refractivity contribution in [3.63, 3.8) is 0 Å². The van der Waals surface area contributed by atoms with E-state index in [2.05, 4.69) is 19.2 Å². The Hall–Kier alpha value is -0.970. The molecule has 0 bridgehead atoms. The lowest BCUT2D eigenvalue weighted by molar-refractivity contribution is -0.160. The Kier molecular flexibility index (Phi) is 6.15. The topological polar surface area (TPSA) is 52.6 Å². The molecule has 0 N–H and O–H groups in total. The van der Waals surface area contributed by atoms with Crippen LogP contribution in [0.3, 0.4) is 0 Å². The lowest BCUT2D eigenvalue weighted by Crippen LogP contribution is -2.44. The highest BCUT2D eigenvalue weighted by Gasteiger charge is 2.44. The van der Waals surface area contributed by atoms with Gasteiger partial charge in [-0.3, -0.25) is 4.79 Å². The van der Waals surface area contributed by atoms with Crippen molar-refractivity contribution >= 4 is 24.6 Å². The second-order valence-corrected chi connectivity index (χ2v) is 6.31. The molecule has 0 saturated heterocycles. The minimum absolute atomic E-state index is 0.0473. The Morgan fingerprint density at radius 3 is 2.57 bits per heavy atom. The van der Waals surface area contributed by atoms with Crippen LogP contribution in [0.25, 0.3) is 0 Å². The summed E-state index contributed by atoms with van der Waals surface area (Å²) in [5.41, 5.74) is 0. The Labute approximate surface area is 131 Å². The van der Waals surface area contributed by atoms with E-state index >= 15 is 0 Å². The fourth-order valence-corrected chi connectivity index (χ4v) is 3.93. The van der Waals surface area contributed by atoms with Crippen molar-refractivity contribution in [1.82, 2.24) is 0 Å². The number of ether oxygens (including phenoxy) is 2. The maximum Gasteiger partial charge on any atom is 0.330 e. The largest absolute Gasteiger partial charge is 0.465 e. The molecule has 4 unspecified atom stereocenters. The summed E-state index contributed by atoms with van der Waals surface area (Å²) < 4.78 is 10.8. The van der Waals surface area contributed by atoms with Crippen LogP contribution in [0.1, 0.15) is 38.5 Å². The second kappa shape index (κ2) is 7.87. The minimum atomic E-state index is -0.361. The van der Waals surface area contributed by atoms with Crippen LogP contribution >= 0.6 is 12.6 Å². The predicted molar refractivity (Wildman–Crippen MR) is 83.1 cm³/mol. The molecule has 0 radical (unpaired) electrons. The van der Waals surface area contributed by atoms with E-state index in [0.717, 1.165) is 38.5 Å². The summed E-state index contributed by atoms with van der Waals surface area (Å²) >= 11 is 4.07. The van der Waals surface area contributed by atoms with Gasteiger partial charge in [0.2, 0.25) is 0 Å². The fourth-order valence-electron chi connectivity index (χ4n) is 3.84. The Balaban J connectivity index is 2.02. The molecule has 0 amide bonds. The van der Waals surface area contributed by atoms with E-state index in [-0.39, 0.29) is 35.8 Å². The van der Waals surface area contributed by atoms with Crippen LogP contribution in [0.15, 0.2) is 12.7 Å². The van der Waals surface area contributed by atoms with Crippen molar-refractivity contribution in [1.29, 1.82) is 0 Å². The first kappa shape index (κ1) is 16.4. The third kappa shape index (κ3) is 4.02. The van der Waals surface area contributed by atoms with Gasteiger partial charge < -0.3 is 9.47 Å². The van der Waals surface area contributed by atoms with Gasteiger partial charge in [-0.05, 0) is 43.9 Å². The van der Waals surface area contributed by atoms with Crippen molar-refractivity contribution in [3.05, 3.63) is 12.7 Å². The number of rotatable bonds is 5. The van der Waals surface area contributed by atoms with Gasteiger partial charge in [0, 0.05) is 11.8 Å². The normalized spacial score (nSPS) is 31.9. The summed E-state index contributed by atoms with van der Waals surface area (Å²) in [7, 11) is 0. The smallest absolute Gasteiger partial charge is 0.330 e. The molecule has 2 aliphatic rings. The minimum Gasteiger partial charge on any atom is -0.465 e. The fraction of sp³-hybridized carbons (Fsp3) is 0.750. The Morgan fingerprint density at radius 2 is 1.86 bits per heavy atom. The first-order valence-corrected chi connectivity index (χ1v) is 8.41. The molecule has 118 valence electrons. The van der Waals surface area contributed by atoms with Gasteiger partial charge in [-0.1, -0.05) is 13.0 Å². The summed E-state index contributed by atoms with van der Waals surface area (Å²) in [5.74, 6) is 0.600. The lowest BCUT2D eigenvalue weighted by Gasteiger charge is -2.43. The van der Waals surface area contributed by atoms with Crippen LogP contribution in [-0.2, 0) is 19.1 Å². The summed E-state index contributed by atoms with van der Waals surface area (Å²) in [6, 6.07) is 0. The summed E-state index contributed by atoms with van der Waals surface area (Å²) in [6.07, 6.45) is 6.94. The molecule has 0 heterocycles. The van der Waals surface area contributed by atoms with Crippen LogP contribution < -0.4 is 0 Å². The van der Waals surface area contributed by atoms with Crippen molar-refractivity contribution in [3.8, 4) is 0 Å². The number of esters is 2. The monoisotopic (exact) mass is 312 g/mol. The zero-order valence-electron chi connectivity index (χ0n) is 12.3. The Bertz CT molecular complexity index is 396. The molecule has 0 spiro atoms. The quantitative estimate of drug-likeness (QED) is 0.482. The number of thiol groups is 1. The average molecular weight is 312 g/mol. The SMILES string of the molecule is C=CC(=O)OC1CCCC2C(C(=O)OCCS)CCCC12. The maximum absolute atomic E-state index is 12.2. The summed E-state index contributed by atoms with van der Waals surface area (Å²) in [5, 5.41) is 0. The molecular weight excluding hydrogens is 288 g/mol. The van der Waals surface area contributed by atoms with Gasteiger partial charge >= 0.3 is 11.9 Å². The van der Waals surface area contributed by atoms with Gasteiger partial charge in [-0.25, -0.2) is 4.79 Å². The molecular formula is C16H24O4S. The van der Waals surface area contributed by atoms with E-state index in [9.17, 15) is 9.59 Å². The first-order valence-electron chi connectivity index (χ1n) is 7.78. The number of carbonyl (C=O) groups excluding carboxylic acids is 2. The van der Waals surface area contributed by atoms with Gasteiger partial charge in [0.15, 0.2) is 0 Å². The third-order valence-electron chi connectivity index (χ3n) is 4.70. The van der Waals surface area contributed by atoms with E-state index < -0.39 is 0 Å². The highest BCUT2D eigenvalue weighted by molar-refractivity contribution is 7.80. The molecule has 0 aromatic rings. The van der Waals surface area contributed by atoms with Crippen LogP contribution in [-0.4, -0.2) is 30.4 Å². The van der Waals surface area contributed by atoms with E-state index in [4.69, 9.17) is 9.47 Å². The van der Waals surface area contributed by atoms with Crippen LogP contribution in [0.4, 0.5) is 0 Å². The standard InChI is InChI=1S/C16H24O4S/c1-2-15(17)20-14-8-4-5-11-12(14)6-3-7-13(11)16(18)19-9-10-21/h2,11-14,21H,1,3-10H2. The second-order valence-electron chi connectivity index (χ2n) is 5.87. The molecule has 0 aromatic heterocycles. The summed E-state index contributed by atoms with van der Waals surface area (Å²) in [4.78, 5) is 23.7. The van der Waals surface area contributed by atoms with E-state index in [1.807, 2.05) is 0 Å². The molecule has 2 saturated carbocycles. The number of hydrogen-bond acceptors (Lipinski definition) is 5. The zero-order valence-corrected chi connectivity index (χ0v) is 13.2. The number of hydrogen-bond donors (Lipinski definition) is 1. The summed E-state index contributed by atoms with van der Waals surface area (Å²) in [6.45, 7) is 3.82. The van der Waals surface area contributed by atoms with E-state index in [1.165, 1.54) is 6.08 Å².